The summed E-state index contributed by atoms with van der Waals surface area (Å²) in [6.45, 7) is 1.92. The molecule has 0 radical (unpaired) electrons. The second-order valence-electron chi connectivity index (χ2n) is 4.02. The van der Waals surface area contributed by atoms with Gasteiger partial charge in [0.2, 0.25) is 0 Å². The fourth-order valence-electron chi connectivity index (χ4n) is 1.46. The van der Waals surface area contributed by atoms with Crippen molar-refractivity contribution in [2.45, 2.75) is 6.92 Å². The molecular weight excluding hydrogens is 262 g/mol. The maximum Gasteiger partial charge on any atom is 0.519 e. The summed E-state index contributed by atoms with van der Waals surface area (Å²) in [4.78, 5) is 21.5. The van der Waals surface area contributed by atoms with Gasteiger partial charge < -0.3 is 9.47 Å². The number of carbonyl (C=O) groups is 1. The van der Waals surface area contributed by atoms with Crippen LogP contribution in [0.15, 0.2) is 48.5 Å². The summed E-state index contributed by atoms with van der Waals surface area (Å²) in [5.74, 6) is 0.537. The zero-order chi connectivity index (χ0) is 14.5. The van der Waals surface area contributed by atoms with Crippen LogP contribution in [0.4, 0.5) is 10.5 Å². The maximum atomic E-state index is 11.5. The highest BCUT2D eigenvalue weighted by Gasteiger charge is 2.10. The number of aryl methyl sites for hydroxylation is 1. The summed E-state index contributed by atoms with van der Waals surface area (Å²) in [6.07, 6.45) is -0.900. The molecule has 2 aromatic carbocycles. The molecule has 0 unspecified atom stereocenters. The lowest BCUT2D eigenvalue weighted by molar-refractivity contribution is -0.384. The first-order chi connectivity index (χ1) is 9.54. The molecule has 0 fully saturated rings. The molecule has 0 aromatic heterocycles. The third kappa shape index (κ3) is 3.55. The lowest BCUT2D eigenvalue weighted by atomic mass is 10.2. The van der Waals surface area contributed by atoms with E-state index in [0.717, 1.165) is 5.56 Å². The predicted octanol–water partition coefficient (Wildman–Crippen LogP) is 3.48. The Balaban J connectivity index is 1.97. The van der Waals surface area contributed by atoms with Gasteiger partial charge in [0.25, 0.3) is 5.69 Å². The van der Waals surface area contributed by atoms with Crippen LogP contribution < -0.4 is 9.47 Å². The average Bonchev–Trinajstić information content (AvgIpc) is 2.42. The minimum atomic E-state index is -0.900. The van der Waals surface area contributed by atoms with Crippen molar-refractivity contribution in [1.29, 1.82) is 0 Å². The number of ether oxygens (including phenoxy) is 2. The zero-order valence-electron chi connectivity index (χ0n) is 10.6. The van der Waals surface area contributed by atoms with Gasteiger partial charge >= 0.3 is 6.16 Å². The Bertz CT molecular complexity index is 619. The standard InChI is InChI=1S/C14H11NO5/c1-10-2-6-12(7-3-10)19-14(16)20-13-8-4-11(5-9-13)15(17)18/h2-9H,1H3. The molecule has 6 nitrogen and oxygen atoms in total. The largest absolute Gasteiger partial charge is 0.519 e. The van der Waals surface area contributed by atoms with Crippen LogP contribution in [0, 0.1) is 17.0 Å². The molecule has 2 rings (SSSR count). The topological polar surface area (TPSA) is 78.7 Å². The number of non-ortho nitro benzene ring substituents is 1. The summed E-state index contributed by atoms with van der Waals surface area (Å²) < 4.78 is 9.86. The monoisotopic (exact) mass is 273 g/mol. The second kappa shape index (κ2) is 5.83. The number of rotatable bonds is 3. The minimum Gasteiger partial charge on any atom is -0.395 e. The zero-order valence-corrected chi connectivity index (χ0v) is 10.6. The smallest absolute Gasteiger partial charge is 0.395 e. The van der Waals surface area contributed by atoms with E-state index in [1.54, 1.807) is 24.3 Å². The molecule has 102 valence electrons. The molecule has 0 spiro atoms. The average molecular weight is 273 g/mol. The molecule has 0 atom stereocenters. The van der Waals surface area contributed by atoms with Crippen LogP contribution >= 0.6 is 0 Å². The number of benzene rings is 2. The van der Waals surface area contributed by atoms with Crippen LogP contribution in [-0.2, 0) is 0 Å². The van der Waals surface area contributed by atoms with Gasteiger partial charge in [0, 0.05) is 12.1 Å². The lowest BCUT2D eigenvalue weighted by Gasteiger charge is -2.05. The summed E-state index contributed by atoms with van der Waals surface area (Å²) >= 11 is 0. The van der Waals surface area contributed by atoms with Crippen LogP contribution in [-0.4, -0.2) is 11.1 Å². The third-order valence-electron chi connectivity index (χ3n) is 2.47. The Morgan fingerprint density at radius 3 is 1.85 bits per heavy atom. The van der Waals surface area contributed by atoms with Gasteiger partial charge in [-0.05, 0) is 31.2 Å². The van der Waals surface area contributed by atoms with Gasteiger partial charge in [0.05, 0.1) is 4.92 Å². The lowest BCUT2D eigenvalue weighted by Crippen LogP contribution is -2.13. The number of carbonyl (C=O) groups excluding carboxylic acids is 1. The van der Waals surface area contributed by atoms with E-state index in [-0.39, 0.29) is 11.4 Å². The van der Waals surface area contributed by atoms with E-state index in [1.807, 2.05) is 6.92 Å². The maximum absolute atomic E-state index is 11.5. The molecule has 20 heavy (non-hydrogen) atoms. The Kier molecular flexibility index (Phi) is 3.95. The van der Waals surface area contributed by atoms with E-state index in [2.05, 4.69) is 0 Å². The molecule has 0 heterocycles. The molecule has 0 saturated heterocycles. The van der Waals surface area contributed by atoms with Crippen molar-refractivity contribution in [2.75, 3.05) is 0 Å². The number of hydrogen-bond acceptors (Lipinski definition) is 5. The van der Waals surface area contributed by atoms with Gasteiger partial charge in [-0.25, -0.2) is 4.79 Å². The summed E-state index contributed by atoms with van der Waals surface area (Å²) in [7, 11) is 0. The van der Waals surface area contributed by atoms with E-state index < -0.39 is 11.1 Å². The van der Waals surface area contributed by atoms with Crippen LogP contribution in [0.2, 0.25) is 0 Å². The summed E-state index contributed by atoms with van der Waals surface area (Å²) in [5, 5.41) is 10.5. The van der Waals surface area contributed by atoms with Crippen molar-refractivity contribution in [3.05, 3.63) is 64.2 Å². The number of hydrogen-bond donors (Lipinski definition) is 0. The van der Waals surface area contributed by atoms with Gasteiger partial charge in [0.15, 0.2) is 0 Å². The number of nitrogens with zero attached hydrogens (tertiary/aromatic N) is 1. The van der Waals surface area contributed by atoms with E-state index >= 15 is 0 Å². The van der Waals surface area contributed by atoms with Crippen molar-refractivity contribution in [1.82, 2.24) is 0 Å². The Labute approximate surface area is 114 Å². The van der Waals surface area contributed by atoms with E-state index in [0.29, 0.717) is 5.75 Å². The predicted molar refractivity (Wildman–Crippen MR) is 70.9 cm³/mol. The van der Waals surface area contributed by atoms with Crippen LogP contribution in [0.3, 0.4) is 0 Å². The molecule has 0 aliphatic carbocycles. The molecule has 0 aliphatic rings. The molecule has 0 aliphatic heterocycles. The highest BCUT2D eigenvalue weighted by molar-refractivity contribution is 5.67. The van der Waals surface area contributed by atoms with Crippen LogP contribution in [0.1, 0.15) is 5.56 Å². The van der Waals surface area contributed by atoms with Crippen molar-refractivity contribution in [3.8, 4) is 11.5 Å². The fraction of sp³-hybridized carbons (Fsp3) is 0.0714. The van der Waals surface area contributed by atoms with Gasteiger partial charge in [-0.15, -0.1) is 0 Å². The van der Waals surface area contributed by atoms with Crippen molar-refractivity contribution in [3.63, 3.8) is 0 Å². The highest BCUT2D eigenvalue weighted by atomic mass is 16.7. The Morgan fingerprint density at radius 1 is 0.950 bits per heavy atom. The minimum absolute atomic E-state index is 0.0794. The summed E-state index contributed by atoms with van der Waals surface area (Å²) in [5.41, 5.74) is 0.963. The van der Waals surface area contributed by atoms with Gasteiger partial charge in [-0.3, -0.25) is 10.1 Å². The second-order valence-corrected chi connectivity index (χ2v) is 4.02. The van der Waals surface area contributed by atoms with E-state index in [1.165, 1.54) is 24.3 Å². The SMILES string of the molecule is Cc1ccc(OC(=O)Oc2ccc([N+](=O)[O-])cc2)cc1. The van der Waals surface area contributed by atoms with Crippen molar-refractivity contribution in [2.24, 2.45) is 0 Å². The molecular formula is C14H11NO5. The normalized spacial score (nSPS) is 9.85. The molecule has 0 bridgehead atoms. The fourth-order valence-corrected chi connectivity index (χ4v) is 1.46. The number of nitro benzene ring substituents is 1. The van der Waals surface area contributed by atoms with Gasteiger partial charge in [-0.2, -0.15) is 0 Å². The highest BCUT2D eigenvalue weighted by Crippen LogP contribution is 2.18. The molecule has 2 aromatic rings. The molecule has 0 saturated carbocycles. The first kappa shape index (κ1) is 13.5. The Morgan fingerprint density at radius 2 is 1.40 bits per heavy atom. The first-order valence-electron chi connectivity index (χ1n) is 5.75. The van der Waals surface area contributed by atoms with Gasteiger partial charge in [-0.1, -0.05) is 17.7 Å². The van der Waals surface area contributed by atoms with E-state index in [9.17, 15) is 14.9 Å². The van der Waals surface area contributed by atoms with Crippen molar-refractivity contribution >= 4 is 11.8 Å². The molecule has 0 amide bonds. The molecule has 6 heteroatoms. The third-order valence-corrected chi connectivity index (χ3v) is 2.47. The summed E-state index contributed by atoms with van der Waals surface area (Å²) in [6, 6.07) is 12.0. The Hall–Kier alpha value is -2.89. The first-order valence-corrected chi connectivity index (χ1v) is 5.75. The van der Waals surface area contributed by atoms with Gasteiger partial charge in [0.1, 0.15) is 11.5 Å². The van der Waals surface area contributed by atoms with Crippen LogP contribution in [0.25, 0.3) is 0 Å². The van der Waals surface area contributed by atoms with Crippen LogP contribution in [0.5, 0.6) is 11.5 Å². The van der Waals surface area contributed by atoms with E-state index in [4.69, 9.17) is 9.47 Å². The molecule has 0 N–H and O–H groups in total. The number of nitro groups is 1. The van der Waals surface area contributed by atoms with Crippen molar-refractivity contribution < 1.29 is 19.2 Å². The quantitative estimate of drug-likeness (QED) is 0.370.